The van der Waals surface area contributed by atoms with Crippen LogP contribution in [0.4, 0.5) is 0 Å². The number of nitrogens with two attached hydrogens (primary N) is 1. The number of ketones is 1. The second kappa shape index (κ2) is 5.97. The zero-order valence-corrected chi connectivity index (χ0v) is 12.0. The highest BCUT2D eigenvalue weighted by molar-refractivity contribution is 5.90. The molecule has 0 fully saturated rings. The number of aryl methyl sites for hydroxylation is 1. The van der Waals surface area contributed by atoms with Gasteiger partial charge in [-0.15, -0.1) is 0 Å². The number of Topliss-reactive ketones (excluding diaryl/α,β-unsaturated/α-hetero) is 1. The molecule has 0 aliphatic carbocycles. The maximum absolute atomic E-state index is 12.4. The zero-order valence-electron chi connectivity index (χ0n) is 12.0. The van der Waals surface area contributed by atoms with E-state index in [9.17, 15) is 4.79 Å². The molecule has 0 saturated carbocycles. The molecular formula is C17H20N2O. The Hall–Kier alpha value is -2.00. The van der Waals surface area contributed by atoms with Gasteiger partial charge in [-0.3, -0.25) is 9.78 Å². The average molecular weight is 268 g/mol. The van der Waals surface area contributed by atoms with Crippen LogP contribution >= 0.6 is 0 Å². The van der Waals surface area contributed by atoms with Gasteiger partial charge in [0.25, 0.3) is 0 Å². The number of rotatable bonds is 5. The fourth-order valence-electron chi connectivity index (χ4n) is 2.06. The van der Waals surface area contributed by atoms with Gasteiger partial charge < -0.3 is 5.73 Å². The molecule has 1 unspecified atom stereocenters. The van der Waals surface area contributed by atoms with Gasteiger partial charge in [0.15, 0.2) is 5.78 Å². The largest absolute Gasteiger partial charge is 0.315 e. The maximum Gasteiger partial charge on any atom is 0.162 e. The Morgan fingerprint density at radius 3 is 2.45 bits per heavy atom. The van der Waals surface area contributed by atoms with E-state index in [1.807, 2.05) is 48.7 Å². The third-order valence-corrected chi connectivity index (χ3v) is 3.59. The highest BCUT2D eigenvalue weighted by Gasteiger charge is 2.30. The summed E-state index contributed by atoms with van der Waals surface area (Å²) in [4.78, 5) is 16.7. The number of aromatic nitrogens is 1. The third-order valence-electron chi connectivity index (χ3n) is 3.59. The molecule has 3 heteroatoms. The van der Waals surface area contributed by atoms with E-state index in [0.29, 0.717) is 0 Å². The van der Waals surface area contributed by atoms with E-state index < -0.39 is 5.54 Å². The fourth-order valence-corrected chi connectivity index (χ4v) is 2.06. The van der Waals surface area contributed by atoms with Crippen molar-refractivity contribution in [1.29, 1.82) is 0 Å². The van der Waals surface area contributed by atoms with Crippen LogP contribution < -0.4 is 5.73 Å². The number of benzene rings is 1. The van der Waals surface area contributed by atoms with Crippen LogP contribution in [0.5, 0.6) is 0 Å². The lowest BCUT2D eigenvalue weighted by atomic mass is 9.86. The third kappa shape index (κ3) is 3.11. The monoisotopic (exact) mass is 268 g/mol. The van der Waals surface area contributed by atoms with Gasteiger partial charge in [0, 0.05) is 11.9 Å². The molecular weight excluding hydrogens is 248 g/mol. The van der Waals surface area contributed by atoms with E-state index in [-0.39, 0.29) is 12.2 Å². The van der Waals surface area contributed by atoms with E-state index >= 15 is 0 Å². The molecule has 104 valence electrons. The molecule has 0 bridgehead atoms. The Bertz CT molecular complexity index is 574. The predicted octanol–water partition coefficient (Wildman–Crippen LogP) is 2.63. The second-order valence-corrected chi connectivity index (χ2v) is 5.18. The quantitative estimate of drug-likeness (QED) is 0.907. The van der Waals surface area contributed by atoms with Crippen molar-refractivity contribution in [1.82, 2.24) is 4.98 Å². The first kappa shape index (κ1) is 14.4. The molecule has 2 rings (SSSR count). The first-order chi connectivity index (χ1) is 9.54. The molecule has 2 N–H and O–H groups in total. The van der Waals surface area contributed by atoms with Gasteiger partial charge in [-0.25, -0.2) is 0 Å². The summed E-state index contributed by atoms with van der Waals surface area (Å²) >= 11 is 0. The van der Waals surface area contributed by atoms with Crippen molar-refractivity contribution in [3.8, 4) is 0 Å². The van der Waals surface area contributed by atoms with Crippen LogP contribution in [0.25, 0.3) is 0 Å². The number of hydrogen-bond donors (Lipinski definition) is 1. The van der Waals surface area contributed by atoms with Crippen molar-refractivity contribution in [2.45, 2.75) is 32.2 Å². The first-order valence-corrected chi connectivity index (χ1v) is 6.85. The number of pyridine rings is 1. The smallest absolute Gasteiger partial charge is 0.162 e. The highest BCUT2D eigenvalue weighted by atomic mass is 16.1. The zero-order chi connectivity index (χ0) is 14.6. The molecule has 20 heavy (non-hydrogen) atoms. The number of carbonyl (C=O) groups excluding carboxylic acids is 1. The van der Waals surface area contributed by atoms with Gasteiger partial charge in [0.1, 0.15) is 0 Å². The molecule has 1 aromatic carbocycles. The van der Waals surface area contributed by atoms with Crippen molar-refractivity contribution in [3.63, 3.8) is 0 Å². The second-order valence-electron chi connectivity index (χ2n) is 5.18. The Labute approximate surface area is 119 Å². The standard InChI is InChI=1S/C17H20N2O/c1-3-13-9-10-15(19-12-13)11-16(20)17(2,18)14-7-5-4-6-8-14/h4-10,12H,3,11,18H2,1-2H3. The summed E-state index contributed by atoms with van der Waals surface area (Å²) in [6.07, 6.45) is 3.02. The normalized spacial score (nSPS) is 13.8. The lowest BCUT2D eigenvalue weighted by molar-refractivity contribution is -0.123. The van der Waals surface area contributed by atoms with Crippen molar-refractivity contribution in [2.75, 3.05) is 0 Å². The van der Waals surface area contributed by atoms with E-state index in [0.717, 1.165) is 17.7 Å². The molecule has 1 atom stereocenters. The predicted molar refractivity (Wildman–Crippen MR) is 80.3 cm³/mol. The van der Waals surface area contributed by atoms with Crippen LogP contribution in [-0.4, -0.2) is 10.8 Å². The minimum Gasteiger partial charge on any atom is -0.315 e. The average Bonchev–Trinajstić information content (AvgIpc) is 2.49. The van der Waals surface area contributed by atoms with Crippen molar-refractivity contribution < 1.29 is 4.79 Å². The molecule has 1 aromatic heterocycles. The Balaban J connectivity index is 2.14. The van der Waals surface area contributed by atoms with Gasteiger partial charge >= 0.3 is 0 Å². The number of hydrogen-bond acceptors (Lipinski definition) is 3. The summed E-state index contributed by atoms with van der Waals surface area (Å²) in [5.41, 5.74) is 7.99. The van der Waals surface area contributed by atoms with Crippen molar-refractivity contribution in [3.05, 3.63) is 65.5 Å². The molecule has 1 heterocycles. The molecule has 2 aromatic rings. The minimum atomic E-state index is -0.980. The molecule has 0 aliphatic heterocycles. The summed E-state index contributed by atoms with van der Waals surface area (Å²) in [6.45, 7) is 3.83. The SMILES string of the molecule is CCc1ccc(CC(=O)C(C)(N)c2ccccc2)nc1. The summed E-state index contributed by atoms with van der Waals surface area (Å²) in [6, 6.07) is 13.4. The van der Waals surface area contributed by atoms with Crippen molar-refractivity contribution >= 4 is 5.78 Å². The fraction of sp³-hybridized carbons (Fsp3) is 0.294. The molecule has 0 spiro atoms. The van der Waals surface area contributed by atoms with Gasteiger partial charge in [-0.1, -0.05) is 43.3 Å². The number of carbonyl (C=O) groups is 1. The summed E-state index contributed by atoms with van der Waals surface area (Å²) in [5, 5.41) is 0. The van der Waals surface area contributed by atoms with Gasteiger partial charge in [0.05, 0.1) is 12.0 Å². The highest BCUT2D eigenvalue weighted by Crippen LogP contribution is 2.20. The van der Waals surface area contributed by atoms with Crippen LogP contribution in [0, 0.1) is 0 Å². The molecule has 0 saturated heterocycles. The van der Waals surface area contributed by atoms with E-state index in [4.69, 9.17) is 5.73 Å². The molecule has 0 radical (unpaired) electrons. The van der Waals surface area contributed by atoms with Gasteiger partial charge in [0.2, 0.25) is 0 Å². The molecule has 0 aliphatic rings. The van der Waals surface area contributed by atoms with E-state index in [2.05, 4.69) is 11.9 Å². The maximum atomic E-state index is 12.4. The van der Waals surface area contributed by atoms with Crippen molar-refractivity contribution in [2.24, 2.45) is 5.73 Å². The number of nitrogens with zero attached hydrogens (tertiary/aromatic N) is 1. The Morgan fingerprint density at radius 2 is 1.90 bits per heavy atom. The molecule has 3 nitrogen and oxygen atoms in total. The van der Waals surface area contributed by atoms with Gasteiger partial charge in [-0.05, 0) is 30.5 Å². The lowest BCUT2D eigenvalue weighted by Crippen LogP contribution is -2.42. The summed E-state index contributed by atoms with van der Waals surface area (Å²) < 4.78 is 0. The van der Waals surface area contributed by atoms with Crippen LogP contribution in [0.15, 0.2) is 48.7 Å². The van der Waals surface area contributed by atoms with Crippen LogP contribution in [0.2, 0.25) is 0 Å². The van der Waals surface area contributed by atoms with E-state index in [1.54, 1.807) is 6.92 Å². The van der Waals surface area contributed by atoms with Crippen LogP contribution in [-0.2, 0) is 23.2 Å². The molecule has 0 amide bonds. The topological polar surface area (TPSA) is 56.0 Å². The summed E-state index contributed by atoms with van der Waals surface area (Å²) in [5.74, 6) is -0.0274. The lowest BCUT2D eigenvalue weighted by Gasteiger charge is -2.23. The van der Waals surface area contributed by atoms with E-state index in [1.165, 1.54) is 5.56 Å². The Kier molecular flexibility index (Phi) is 4.30. The minimum absolute atomic E-state index is 0.0274. The summed E-state index contributed by atoms with van der Waals surface area (Å²) in [7, 11) is 0. The first-order valence-electron chi connectivity index (χ1n) is 6.85. The van der Waals surface area contributed by atoms with Gasteiger partial charge in [-0.2, -0.15) is 0 Å². The Morgan fingerprint density at radius 1 is 1.20 bits per heavy atom. The van der Waals surface area contributed by atoms with Crippen LogP contribution in [0.3, 0.4) is 0 Å². The van der Waals surface area contributed by atoms with Crippen LogP contribution in [0.1, 0.15) is 30.7 Å².